The van der Waals surface area contributed by atoms with Crippen LogP contribution in [-0.2, 0) is 24.6 Å². The third kappa shape index (κ3) is 31.9. The Balaban J connectivity index is 0. The minimum Gasteiger partial charge on any atom is -0.726 e. The number of quaternary nitrogens is 1. The monoisotopic (exact) mass is 502 g/mol. The third-order valence-electron chi connectivity index (χ3n) is 5.08. The van der Waals surface area contributed by atoms with Gasteiger partial charge in [0.2, 0.25) is 20.4 Å². The Labute approximate surface area is 199 Å². The molecule has 0 atom stereocenters. The van der Waals surface area contributed by atoms with Crippen molar-refractivity contribution in [3.8, 4) is 0 Å². The van der Waals surface area contributed by atoms with Gasteiger partial charge in [-0.15, -0.1) is 0 Å². The molecule has 0 radical (unpaired) electrons. The molecule has 0 aromatic heterocycles. The van der Waals surface area contributed by atoms with Crippen molar-refractivity contribution in [2.45, 2.75) is 96.8 Å². The molecular formula is C22H50N2O6S2. The van der Waals surface area contributed by atoms with E-state index in [0.717, 1.165) is 31.0 Å². The van der Waals surface area contributed by atoms with E-state index in [9.17, 15) is 21.4 Å². The van der Waals surface area contributed by atoms with Crippen molar-refractivity contribution < 1.29 is 30.1 Å². The highest BCUT2D eigenvalue weighted by molar-refractivity contribution is 7.89. The summed E-state index contributed by atoms with van der Waals surface area (Å²) in [5.41, 5.74) is 0. The van der Waals surface area contributed by atoms with E-state index in [1.165, 1.54) is 77.0 Å². The van der Waals surface area contributed by atoms with Crippen LogP contribution in [0.1, 0.15) is 96.8 Å². The van der Waals surface area contributed by atoms with E-state index in [4.69, 9.17) is 0 Å². The van der Waals surface area contributed by atoms with E-state index in [1.807, 2.05) is 0 Å². The second-order valence-electron chi connectivity index (χ2n) is 9.40. The summed E-state index contributed by atoms with van der Waals surface area (Å²) in [7, 11) is -0.470. The standard InChI is InChI=1S/C21H47N2O2S.CH4O4S/c1-5-6-7-8-9-10-11-12-13-14-15-16-17-18-21-26(24,25)22-19-20-23(2,3)4;1-5-6(2,3)4/h22H,5-21H2,1-4H3;1H3,(H,2,3,4)/q+1;/p-1. The summed E-state index contributed by atoms with van der Waals surface area (Å²) in [5, 5.41) is 0. The summed E-state index contributed by atoms with van der Waals surface area (Å²) in [6.45, 7) is 3.62. The molecule has 32 heavy (non-hydrogen) atoms. The highest BCUT2D eigenvalue weighted by Gasteiger charge is 2.12. The first-order valence-electron chi connectivity index (χ1n) is 12.1. The summed E-state index contributed by atoms with van der Waals surface area (Å²) in [6, 6.07) is 0. The number of unbranched alkanes of at least 4 members (excludes halogenated alkanes) is 13. The molecule has 0 spiro atoms. The molecule has 0 aromatic carbocycles. The lowest BCUT2D eigenvalue weighted by Crippen LogP contribution is -2.42. The minimum absolute atomic E-state index is 0.280. The smallest absolute Gasteiger partial charge is 0.217 e. The van der Waals surface area contributed by atoms with Crippen LogP contribution in [0.3, 0.4) is 0 Å². The van der Waals surface area contributed by atoms with Gasteiger partial charge in [-0.05, 0) is 6.42 Å². The quantitative estimate of drug-likeness (QED) is 0.116. The maximum atomic E-state index is 11.9. The summed E-state index contributed by atoms with van der Waals surface area (Å²) in [6.07, 6.45) is 18.1. The fraction of sp³-hybridized carbons (Fsp3) is 1.00. The van der Waals surface area contributed by atoms with E-state index < -0.39 is 20.4 Å². The molecule has 0 rings (SSSR count). The van der Waals surface area contributed by atoms with Crippen LogP contribution in [0.15, 0.2) is 0 Å². The molecule has 1 N–H and O–H groups in total. The lowest BCUT2D eigenvalue weighted by Gasteiger charge is -2.23. The topological polar surface area (TPSA) is 113 Å². The fourth-order valence-electron chi connectivity index (χ4n) is 3.10. The molecular weight excluding hydrogens is 452 g/mol. The molecule has 0 fully saturated rings. The van der Waals surface area contributed by atoms with Crippen molar-refractivity contribution in [2.24, 2.45) is 0 Å². The molecule has 0 aliphatic rings. The summed E-state index contributed by atoms with van der Waals surface area (Å²) in [5.74, 6) is 0.280. The number of hydrogen-bond acceptors (Lipinski definition) is 6. The Kier molecular flexibility index (Phi) is 21.3. The molecule has 0 unspecified atom stereocenters. The summed E-state index contributed by atoms with van der Waals surface area (Å²) >= 11 is 0. The van der Waals surface area contributed by atoms with E-state index in [2.05, 4.69) is 37.0 Å². The van der Waals surface area contributed by atoms with Crippen LogP contribution >= 0.6 is 0 Å². The largest absolute Gasteiger partial charge is 0.726 e. The number of nitrogens with one attached hydrogen (secondary N) is 1. The predicted octanol–water partition coefficient (Wildman–Crippen LogP) is 4.19. The number of likely N-dealkylation sites (N-methyl/N-ethyl adjacent to an activating group) is 1. The molecule has 8 nitrogen and oxygen atoms in total. The molecule has 0 saturated heterocycles. The Bertz CT molecular complexity index is 617. The van der Waals surface area contributed by atoms with Gasteiger partial charge < -0.3 is 9.04 Å². The van der Waals surface area contributed by atoms with E-state index >= 15 is 0 Å². The number of rotatable bonds is 20. The zero-order chi connectivity index (χ0) is 24.9. The van der Waals surface area contributed by atoms with Crippen LogP contribution < -0.4 is 4.72 Å². The van der Waals surface area contributed by atoms with Gasteiger partial charge in [-0.3, -0.25) is 4.18 Å². The molecule has 10 heteroatoms. The van der Waals surface area contributed by atoms with Crippen molar-refractivity contribution in [3.63, 3.8) is 0 Å². The van der Waals surface area contributed by atoms with Crippen molar-refractivity contribution in [2.75, 3.05) is 47.1 Å². The van der Waals surface area contributed by atoms with Crippen molar-refractivity contribution >= 4 is 20.4 Å². The van der Waals surface area contributed by atoms with E-state index in [0.29, 0.717) is 6.54 Å². The summed E-state index contributed by atoms with van der Waals surface area (Å²) < 4.78 is 58.4. The lowest BCUT2D eigenvalue weighted by molar-refractivity contribution is -0.869. The average molecular weight is 503 g/mol. The van der Waals surface area contributed by atoms with Crippen LogP contribution in [0, 0.1) is 0 Å². The van der Waals surface area contributed by atoms with Crippen molar-refractivity contribution in [1.82, 2.24) is 4.72 Å². The normalized spacial score (nSPS) is 12.4. The van der Waals surface area contributed by atoms with Gasteiger partial charge in [0.05, 0.1) is 47.1 Å². The molecule has 0 bridgehead atoms. The van der Waals surface area contributed by atoms with Gasteiger partial charge >= 0.3 is 0 Å². The Hall–Kier alpha value is -0.260. The van der Waals surface area contributed by atoms with Gasteiger partial charge in [0.25, 0.3) is 0 Å². The van der Waals surface area contributed by atoms with Crippen LogP contribution in [0.4, 0.5) is 0 Å². The molecule has 0 aromatic rings. The molecule has 0 heterocycles. The van der Waals surface area contributed by atoms with Gasteiger partial charge in [-0.25, -0.2) is 21.6 Å². The van der Waals surface area contributed by atoms with Crippen molar-refractivity contribution in [3.05, 3.63) is 0 Å². The summed E-state index contributed by atoms with van der Waals surface area (Å²) in [4.78, 5) is 0. The Morgan fingerprint density at radius 2 is 1.06 bits per heavy atom. The van der Waals surface area contributed by atoms with Gasteiger partial charge in [-0.2, -0.15) is 0 Å². The zero-order valence-electron chi connectivity index (χ0n) is 21.2. The number of nitrogens with zero attached hydrogens (tertiary/aromatic N) is 1. The minimum atomic E-state index is -4.41. The van der Waals surface area contributed by atoms with Gasteiger partial charge in [0, 0.05) is 0 Å². The molecule has 0 aliphatic carbocycles. The fourth-order valence-corrected chi connectivity index (χ4v) is 4.23. The maximum absolute atomic E-state index is 11.9. The highest BCUT2D eigenvalue weighted by atomic mass is 32.3. The molecule has 0 saturated carbocycles. The van der Waals surface area contributed by atoms with Crippen LogP contribution in [0.5, 0.6) is 0 Å². The SMILES string of the molecule is CCCCCCCCCCCCCCCCS(=O)(=O)NCC[N+](C)(C)C.COS(=O)(=O)[O-]. The van der Waals surface area contributed by atoms with E-state index in [1.54, 1.807) is 0 Å². The van der Waals surface area contributed by atoms with Gasteiger partial charge in [0.1, 0.15) is 0 Å². The van der Waals surface area contributed by atoms with Gasteiger partial charge in [-0.1, -0.05) is 90.4 Å². The molecule has 196 valence electrons. The van der Waals surface area contributed by atoms with E-state index in [-0.39, 0.29) is 5.75 Å². The van der Waals surface area contributed by atoms with Crippen LogP contribution in [0.25, 0.3) is 0 Å². The maximum Gasteiger partial charge on any atom is 0.217 e. The zero-order valence-corrected chi connectivity index (χ0v) is 22.9. The number of sulfonamides is 1. The van der Waals surface area contributed by atoms with Crippen LogP contribution in [0.2, 0.25) is 0 Å². The molecule has 0 amide bonds. The third-order valence-corrected chi connectivity index (χ3v) is 6.95. The lowest BCUT2D eigenvalue weighted by atomic mass is 10.0. The van der Waals surface area contributed by atoms with Crippen molar-refractivity contribution in [1.29, 1.82) is 0 Å². The van der Waals surface area contributed by atoms with Crippen LogP contribution in [-0.4, -0.2) is 73.0 Å². The predicted molar refractivity (Wildman–Crippen MR) is 132 cm³/mol. The first-order chi connectivity index (χ1) is 14.8. The average Bonchev–Trinajstić information content (AvgIpc) is 2.67. The number of hydrogen-bond donors (Lipinski definition) is 1. The molecule has 0 aliphatic heterocycles. The second kappa shape index (κ2) is 20.1. The Morgan fingerprint density at radius 3 is 1.38 bits per heavy atom. The Morgan fingerprint density at radius 1 is 0.719 bits per heavy atom. The second-order valence-corrected chi connectivity index (χ2v) is 12.5. The first-order valence-corrected chi connectivity index (χ1v) is 15.1. The van der Waals surface area contributed by atoms with Gasteiger partial charge in [0.15, 0.2) is 0 Å². The first kappa shape index (κ1) is 33.9. The highest BCUT2D eigenvalue weighted by Crippen LogP contribution is 2.13.